The highest BCUT2D eigenvalue weighted by atomic mass is 32.2. The van der Waals surface area contributed by atoms with Crippen LogP contribution in [0.5, 0.6) is 5.75 Å². The third-order valence-corrected chi connectivity index (χ3v) is 4.78. The van der Waals surface area contributed by atoms with Crippen molar-refractivity contribution in [2.45, 2.75) is 24.3 Å². The van der Waals surface area contributed by atoms with E-state index in [1.54, 1.807) is 6.92 Å². The first-order valence-electron chi connectivity index (χ1n) is 6.16. The molecular formula is C12H14F3NO4S. The van der Waals surface area contributed by atoms with Crippen molar-refractivity contribution >= 4 is 10.0 Å². The average Bonchev–Trinajstić information content (AvgIpc) is 2.37. The molecular weight excluding hydrogens is 311 g/mol. The molecule has 0 radical (unpaired) electrons. The van der Waals surface area contributed by atoms with E-state index >= 15 is 0 Å². The lowest BCUT2D eigenvalue weighted by Crippen LogP contribution is -2.44. The molecule has 1 aliphatic rings. The standard InChI is InChI=1S/C12H14F3NO4S/c1-9-8-16(6-7-19-9)21(17,18)11-4-2-10(3-5-11)20-12(13,14)15/h2-5,9H,6-8H2,1H3/t9-/m0/s1. The van der Waals surface area contributed by atoms with E-state index in [0.717, 1.165) is 24.3 Å². The summed E-state index contributed by atoms with van der Waals surface area (Å²) in [6, 6.07) is 4.14. The molecule has 1 aromatic carbocycles. The lowest BCUT2D eigenvalue weighted by molar-refractivity contribution is -0.274. The second-order valence-corrected chi connectivity index (χ2v) is 6.50. The van der Waals surface area contributed by atoms with Gasteiger partial charge in [-0.05, 0) is 31.2 Å². The molecule has 0 aromatic heterocycles. The smallest absolute Gasteiger partial charge is 0.406 e. The highest BCUT2D eigenvalue weighted by Crippen LogP contribution is 2.25. The number of ether oxygens (including phenoxy) is 2. The summed E-state index contributed by atoms with van der Waals surface area (Å²) < 4.78 is 71.0. The molecule has 1 saturated heterocycles. The van der Waals surface area contributed by atoms with Crippen molar-refractivity contribution in [3.63, 3.8) is 0 Å². The maximum absolute atomic E-state index is 12.3. The zero-order valence-electron chi connectivity index (χ0n) is 11.1. The lowest BCUT2D eigenvalue weighted by Gasteiger charge is -2.30. The van der Waals surface area contributed by atoms with E-state index in [4.69, 9.17) is 4.74 Å². The minimum absolute atomic E-state index is 0.0777. The number of rotatable bonds is 3. The van der Waals surface area contributed by atoms with Crippen LogP contribution in [0.4, 0.5) is 13.2 Å². The number of nitrogens with zero attached hydrogens (tertiary/aromatic N) is 1. The van der Waals surface area contributed by atoms with Gasteiger partial charge >= 0.3 is 6.36 Å². The Bertz CT molecular complexity index is 586. The first-order chi connectivity index (χ1) is 9.68. The molecule has 1 atom stereocenters. The molecule has 1 aromatic rings. The summed E-state index contributed by atoms with van der Waals surface area (Å²) in [7, 11) is -3.74. The SMILES string of the molecule is C[C@H]1CN(S(=O)(=O)c2ccc(OC(F)(F)F)cc2)CCO1. The van der Waals surface area contributed by atoms with Crippen molar-refractivity contribution in [3.05, 3.63) is 24.3 Å². The normalized spacial score (nSPS) is 21.2. The fourth-order valence-electron chi connectivity index (χ4n) is 1.97. The van der Waals surface area contributed by atoms with E-state index in [1.165, 1.54) is 4.31 Å². The van der Waals surface area contributed by atoms with Crippen molar-refractivity contribution in [3.8, 4) is 5.75 Å². The number of hydrogen-bond donors (Lipinski definition) is 0. The largest absolute Gasteiger partial charge is 0.573 e. The molecule has 1 fully saturated rings. The Morgan fingerprint density at radius 3 is 2.43 bits per heavy atom. The molecule has 0 unspecified atom stereocenters. The van der Waals surface area contributed by atoms with Gasteiger partial charge in [-0.15, -0.1) is 13.2 Å². The third kappa shape index (κ3) is 4.08. The van der Waals surface area contributed by atoms with Crippen LogP contribution in [0.2, 0.25) is 0 Å². The van der Waals surface area contributed by atoms with Gasteiger partial charge in [-0.3, -0.25) is 0 Å². The van der Waals surface area contributed by atoms with Gasteiger partial charge in [0.25, 0.3) is 0 Å². The van der Waals surface area contributed by atoms with Crippen molar-refractivity contribution in [2.75, 3.05) is 19.7 Å². The van der Waals surface area contributed by atoms with Crippen molar-refractivity contribution in [1.29, 1.82) is 0 Å². The average molecular weight is 325 g/mol. The second kappa shape index (κ2) is 5.82. The predicted molar refractivity (Wildman–Crippen MR) is 67.3 cm³/mol. The van der Waals surface area contributed by atoms with Crippen LogP contribution in [-0.4, -0.2) is 44.9 Å². The van der Waals surface area contributed by atoms with Gasteiger partial charge in [0.1, 0.15) is 5.75 Å². The number of alkyl halides is 3. The zero-order valence-corrected chi connectivity index (χ0v) is 11.9. The van der Waals surface area contributed by atoms with E-state index in [2.05, 4.69) is 4.74 Å². The molecule has 0 N–H and O–H groups in total. The van der Waals surface area contributed by atoms with Crippen LogP contribution in [0.15, 0.2) is 29.2 Å². The molecule has 118 valence electrons. The van der Waals surface area contributed by atoms with Gasteiger partial charge in [-0.25, -0.2) is 8.42 Å². The molecule has 1 aliphatic heterocycles. The molecule has 0 aliphatic carbocycles. The summed E-state index contributed by atoms with van der Waals surface area (Å²) in [5, 5.41) is 0. The molecule has 0 spiro atoms. The van der Waals surface area contributed by atoms with E-state index in [1.807, 2.05) is 0 Å². The summed E-state index contributed by atoms with van der Waals surface area (Å²) in [5.74, 6) is -0.461. The molecule has 5 nitrogen and oxygen atoms in total. The molecule has 1 heterocycles. The first-order valence-corrected chi connectivity index (χ1v) is 7.60. The number of morpholine rings is 1. The third-order valence-electron chi connectivity index (χ3n) is 2.90. The summed E-state index contributed by atoms with van der Waals surface area (Å²) in [6.07, 6.45) is -5.03. The topological polar surface area (TPSA) is 55.8 Å². The maximum Gasteiger partial charge on any atom is 0.573 e. The van der Waals surface area contributed by atoms with Crippen LogP contribution in [0.1, 0.15) is 6.92 Å². The van der Waals surface area contributed by atoms with E-state index < -0.39 is 22.1 Å². The molecule has 9 heteroatoms. The first kappa shape index (κ1) is 16.1. The Labute approximate surface area is 120 Å². The van der Waals surface area contributed by atoms with Crippen molar-refractivity contribution in [2.24, 2.45) is 0 Å². The summed E-state index contributed by atoms with van der Waals surface area (Å²) >= 11 is 0. The lowest BCUT2D eigenvalue weighted by atomic mass is 10.3. The summed E-state index contributed by atoms with van der Waals surface area (Å²) in [6.45, 7) is 2.47. The van der Waals surface area contributed by atoms with Gasteiger partial charge < -0.3 is 9.47 Å². The van der Waals surface area contributed by atoms with Gasteiger partial charge in [-0.1, -0.05) is 0 Å². The predicted octanol–water partition coefficient (Wildman–Crippen LogP) is 1.99. The molecule has 0 bridgehead atoms. The Morgan fingerprint density at radius 2 is 1.90 bits per heavy atom. The van der Waals surface area contributed by atoms with Crippen LogP contribution < -0.4 is 4.74 Å². The molecule has 0 amide bonds. The van der Waals surface area contributed by atoms with E-state index in [0.29, 0.717) is 0 Å². The van der Waals surface area contributed by atoms with Gasteiger partial charge in [0.05, 0.1) is 17.6 Å². The van der Waals surface area contributed by atoms with Gasteiger partial charge in [0.15, 0.2) is 0 Å². The fraction of sp³-hybridized carbons (Fsp3) is 0.500. The number of halogens is 3. The van der Waals surface area contributed by atoms with E-state index in [9.17, 15) is 21.6 Å². The van der Waals surface area contributed by atoms with Gasteiger partial charge in [0.2, 0.25) is 10.0 Å². The Balaban J connectivity index is 2.17. The van der Waals surface area contributed by atoms with Gasteiger partial charge in [0, 0.05) is 13.1 Å². The fourth-order valence-corrected chi connectivity index (χ4v) is 3.47. The highest BCUT2D eigenvalue weighted by molar-refractivity contribution is 7.89. The van der Waals surface area contributed by atoms with Crippen LogP contribution >= 0.6 is 0 Å². The Hall–Kier alpha value is -1.32. The second-order valence-electron chi connectivity index (χ2n) is 4.56. The monoisotopic (exact) mass is 325 g/mol. The van der Waals surface area contributed by atoms with Crippen LogP contribution in [0.3, 0.4) is 0 Å². The number of benzene rings is 1. The van der Waals surface area contributed by atoms with Crippen LogP contribution in [0, 0.1) is 0 Å². The minimum Gasteiger partial charge on any atom is -0.406 e. The van der Waals surface area contributed by atoms with Crippen molar-refractivity contribution < 1.29 is 31.1 Å². The molecule has 2 rings (SSSR count). The summed E-state index contributed by atoms with van der Waals surface area (Å²) in [5.41, 5.74) is 0. The number of sulfonamides is 1. The maximum atomic E-state index is 12.3. The molecule has 21 heavy (non-hydrogen) atoms. The Morgan fingerprint density at radius 1 is 1.29 bits per heavy atom. The highest BCUT2D eigenvalue weighted by Gasteiger charge is 2.32. The zero-order chi connectivity index (χ0) is 15.7. The Kier molecular flexibility index (Phi) is 4.45. The minimum atomic E-state index is -4.81. The van der Waals surface area contributed by atoms with Crippen LogP contribution in [-0.2, 0) is 14.8 Å². The number of hydrogen-bond acceptors (Lipinski definition) is 4. The van der Waals surface area contributed by atoms with Crippen molar-refractivity contribution in [1.82, 2.24) is 4.31 Å². The van der Waals surface area contributed by atoms with Gasteiger partial charge in [-0.2, -0.15) is 4.31 Å². The van der Waals surface area contributed by atoms with Crippen LogP contribution in [0.25, 0.3) is 0 Å². The summed E-state index contributed by atoms with van der Waals surface area (Å²) in [4.78, 5) is -0.0777. The quantitative estimate of drug-likeness (QED) is 0.853. The van der Waals surface area contributed by atoms with E-state index in [-0.39, 0.29) is 30.7 Å². The molecule has 0 saturated carbocycles.